The molecule has 3 nitrogen and oxygen atoms in total. The lowest BCUT2D eigenvalue weighted by molar-refractivity contribution is 0.177. The molecule has 3 rings (SSSR count). The second-order valence-corrected chi connectivity index (χ2v) is 3.90. The lowest BCUT2D eigenvalue weighted by Crippen LogP contribution is -2.18. The molecule has 0 unspecified atom stereocenters. The van der Waals surface area contributed by atoms with Gasteiger partial charge in [-0.15, -0.1) is 0 Å². The molecule has 0 radical (unpaired) electrons. The van der Waals surface area contributed by atoms with E-state index in [1.807, 2.05) is 18.2 Å². The molecule has 1 heterocycles. The molecule has 1 fully saturated rings. The third-order valence-electron chi connectivity index (χ3n) is 2.85. The van der Waals surface area contributed by atoms with Crippen LogP contribution in [0.4, 0.5) is 4.79 Å². The van der Waals surface area contributed by atoms with Crippen molar-refractivity contribution in [2.75, 3.05) is 6.61 Å². The Hall–Kier alpha value is -2.03. The van der Waals surface area contributed by atoms with E-state index in [4.69, 9.17) is 4.74 Å². The Morgan fingerprint density at radius 1 is 1.12 bits per heavy atom. The van der Waals surface area contributed by atoms with Crippen molar-refractivity contribution in [1.29, 1.82) is 0 Å². The summed E-state index contributed by atoms with van der Waals surface area (Å²) in [7, 11) is 0. The number of amides is 1. The van der Waals surface area contributed by atoms with Gasteiger partial charge in [0.2, 0.25) is 0 Å². The largest absolute Gasteiger partial charge is 0.447 e. The molecular weight excluding hydrogens is 202 g/mol. The number of ether oxygens (including phenoxy) is 1. The minimum absolute atomic E-state index is 0.0166. The van der Waals surface area contributed by atoms with Gasteiger partial charge in [0.25, 0.3) is 0 Å². The number of hydrogen-bond acceptors (Lipinski definition) is 2. The molecule has 0 spiro atoms. The SMILES string of the molecule is O=C1N[C@@H](c2ccc3ccccc3c2)CO1. The van der Waals surface area contributed by atoms with Crippen molar-refractivity contribution in [3.05, 3.63) is 48.0 Å². The molecule has 2 aromatic rings. The van der Waals surface area contributed by atoms with Gasteiger partial charge in [0.05, 0.1) is 6.04 Å². The molecule has 0 saturated carbocycles. The number of nitrogens with one attached hydrogen (secondary N) is 1. The minimum atomic E-state index is -0.335. The molecule has 1 aliphatic heterocycles. The normalized spacial score (nSPS) is 19.5. The molecular formula is C13H11NO2. The first-order chi connectivity index (χ1) is 7.83. The number of benzene rings is 2. The molecule has 1 amide bonds. The van der Waals surface area contributed by atoms with Crippen molar-refractivity contribution in [2.45, 2.75) is 6.04 Å². The van der Waals surface area contributed by atoms with Crippen LogP contribution in [-0.4, -0.2) is 12.7 Å². The van der Waals surface area contributed by atoms with Gasteiger partial charge in [0.1, 0.15) is 6.61 Å². The van der Waals surface area contributed by atoms with Gasteiger partial charge in [-0.05, 0) is 22.4 Å². The number of carbonyl (C=O) groups excluding carboxylic acids is 1. The summed E-state index contributed by atoms with van der Waals surface area (Å²) in [6.45, 7) is 0.414. The predicted octanol–water partition coefficient (Wildman–Crippen LogP) is 2.62. The average Bonchev–Trinajstić information content (AvgIpc) is 2.75. The zero-order chi connectivity index (χ0) is 11.0. The molecule has 0 aromatic heterocycles. The number of fused-ring (bicyclic) bond motifs is 1. The van der Waals surface area contributed by atoms with Gasteiger partial charge in [-0.3, -0.25) is 0 Å². The zero-order valence-electron chi connectivity index (χ0n) is 8.64. The van der Waals surface area contributed by atoms with Crippen LogP contribution < -0.4 is 5.32 Å². The maximum absolute atomic E-state index is 11.0. The van der Waals surface area contributed by atoms with Crippen molar-refractivity contribution < 1.29 is 9.53 Å². The quantitative estimate of drug-likeness (QED) is 0.790. The highest BCUT2D eigenvalue weighted by Crippen LogP contribution is 2.22. The van der Waals surface area contributed by atoms with E-state index in [0.717, 1.165) is 5.56 Å². The summed E-state index contributed by atoms with van der Waals surface area (Å²) in [6.07, 6.45) is -0.335. The van der Waals surface area contributed by atoms with Crippen molar-refractivity contribution in [3.63, 3.8) is 0 Å². The van der Waals surface area contributed by atoms with Crippen LogP contribution in [0.5, 0.6) is 0 Å². The fraction of sp³-hybridized carbons (Fsp3) is 0.154. The monoisotopic (exact) mass is 213 g/mol. The molecule has 1 aliphatic rings. The number of rotatable bonds is 1. The maximum atomic E-state index is 11.0. The molecule has 2 aromatic carbocycles. The van der Waals surface area contributed by atoms with Gasteiger partial charge < -0.3 is 10.1 Å². The zero-order valence-corrected chi connectivity index (χ0v) is 8.64. The number of cyclic esters (lactones) is 1. The van der Waals surface area contributed by atoms with Gasteiger partial charge in [0, 0.05) is 0 Å². The Kier molecular flexibility index (Phi) is 2.03. The first-order valence-electron chi connectivity index (χ1n) is 5.25. The van der Waals surface area contributed by atoms with Crippen LogP contribution >= 0.6 is 0 Å². The second-order valence-electron chi connectivity index (χ2n) is 3.90. The Balaban J connectivity index is 2.02. The third-order valence-corrected chi connectivity index (χ3v) is 2.85. The third kappa shape index (κ3) is 1.50. The maximum Gasteiger partial charge on any atom is 0.407 e. The van der Waals surface area contributed by atoms with Crippen molar-refractivity contribution in [2.24, 2.45) is 0 Å². The Labute approximate surface area is 93.0 Å². The van der Waals surface area contributed by atoms with Crippen molar-refractivity contribution in [3.8, 4) is 0 Å². The molecule has 1 saturated heterocycles. The van der Waals surface area contributed by atoms with Gasteiger partial charge in [0.15, 0.2) is 0 Å². The van der Waals surface area contributed by atoms with Crippen molar-refractivity contribution >= 4 is 16.9 Å². The highest BCUT2D eigenvalue weighted by atomic mass is 16.6. The fourth-order valence-corrected chi connectivity index (χ4v) is 1.99. The summed E-state index contributed by atoms with van der Waals surface area (Å²) in [4.78, 5) is 11.0. The molecule has 80 valence electrons. The standard InChI is InChI=1S/C13H11NO2/c15-13-14-12(8-16-13)11-6-5-9-3-1-2-4-10(9)7-11/h1-7,12H,8H2,(H,14,15)/t12-/m1/s1. The molecule has 0 aliphatic carbocycles. The Bertz CT molecular complexity index is 550. The van der Waals surface area contributed by atoms with E-state index in [-0.39, 0.29) is 12.1 Å². The first kappa shape index (κ1) is 9.21. The lowest BCUT2D eigenvalue weighted by atomic mass is 10.0. The summed E-state index contributed by atoms with van der Waals surface area (Å²) in [6, 6.07) is 14.3. The smallest absolute Gasteiger partial charge is 0.407 e. The summed E-state index contributed by atoms with van der Waals surface area (Å²) < 4.78 is 4.88. The lowest BCUT2D eigenvalue weighted by Gasteiger charge is -2.08. The van der Waals surface area contributed by atoms with Crippen molar-refractivity contribution in [1.82, 2.24) is 5.32 Å². The van der Waals surface area contributed by atoms with Crippen LogP contribution in [0.15, 0.2) is 42.5 Å². The summed E-state index contributed by atoms with van der Waals surface area (Å²) in [5.74, 6) is 0. The highest BCUT2D eigenvalue weighted by molar-refractivity contribution is 5.83. The molecule has 0 bridgehead atoms. The fourth-order valence-electron chi connectivity index (χ4n) is 1.99. The molecule has 3 heteroatoms. The van der Waals surface area contributed by atoms with Crippen LogP contribution in [0.2, 0.25) is 0 Å². The Morgan fingerprint density at radius 2 is 1.94 bits per heavy atom. The van der Waals surface area contributed by atoms with E-state index in [0.29, 0.717) is 6.61 Å². The number of hydrogen-bond donors (Lipinski definition) is 1. The summed E-state index contributed by atoms with van der Waals surface area (Å²) >= 11 is 0. The first-order valence-corrected chi connectivity index (χ1v) is 5.25. The average molecular weight is 213 g/mol. The number of alkyl carbamates (subject to hydrolysis) is 1. The second kappa shape index (κ2) is 3.52. The highest BCUT2D eigenvalue weighted by Gasteiger charge is 2.23. The van der Waals surface area contributed by atoms with Gasteiger partial charge in [-0.2, -0.15) is 0 Å². The van der Waals surface area contributed by atoms with Crippen LogP contribution in [0, 0.1) is 0 Å². The van der Waals surface area contributed by atoms with E-state index in [9.17, 15) is 4.79 Å². The van der Waals surface area contributed by atoms with E-state index < -0.39 is 0 Å². The van der Waals surface area contributed by atoms with E-state index in [2.05, 4.69) is 29.6 Å². The summed E-state index contributed by atoms with van der Waals surface area (Å²) in [5.41, 5.74) is 1.09. The van der Waals surface area contributed by atoms with E-state index in [1.165, 1.54) is 10.8 Å². The van der Waals surface area contributed by atoms with Gasteiger partial charge >= 0.3 is 6.09 Å². The van der Waals surface area contributed by atoms with Crippen LogP contribution in [-0.2, 0) is 4.74 Å². The van der Waals surface area contributed by atoms with Crippen LogP contribution in [0.3, 0.4) is 0 Å². The van der Waals surface area contributed by atoms with Gasteiger partial charge in [-0.25, -0.2) is 4.79 Å². The van der Waals surface area contributed by atoms with E-state index >= 15 is 0 Å². The molecule has 1 N–H and O–H groups in total. The van der Waals surface area contributed by atoms with Crippen LogP contribution in [0.1, 0.15) is 11.6 Å². The van der Waals surface area contributed by atoms with Gasteiger partial charge in [-0.1, -0.05) is 36.4 Å². The Morgan fingerprint density at radius 3 is 2.69 bits per heavy atom. The summed E-state index contributed by atoms with van der Waals surface area (Å²) in [5, 5.41) is 5.16. The predicted molar refractivity (Wildman–Crippen MR) is 61.2 cm³/mol. The van der Waals surface area contributed by atoms with Crippen LogP contribution in [0.25, 0.3) is 10.8 Å². The molecule has 1 atom stereocenters. The van der Waals surface area contributed by atoms with E-state index in [1.54, 1.807) is 0 Å². The topological polar surface area (TPSA) is 38.3 Å². The number of carbonyl (C=O) groups is 1. The minimum Gasteiger partial charge on any atom is -0.447 e. The molecule has 16 heavy (non-hydrogen) atoms.